The van der Waals surface area contributed by atoms with Crippen LogP contribution in [0.5, 0.6) is 0 Å². The van der Waals surface area contributed by atoms with Crippen LogP contribution in [0.2, 0.25) is 0 Å². The van der Waals surface area contributed by atoms with E-state index in [-0.39, 0.29) is 11.7 Å². The highest BCUT2D eigenvalue weighted by Gasteiger charge is 2.24. The van der Waals surface area contributed by atoms with Gasteiger partial charge in [0.05, 0.1) is 0 Å². The predicted molar refractivity (Wildman–Crippen MR) is 54.9 cm³/mol. The highest BCUT2D eigenvalue weighted by Crippen LogP contribution is 2.36. The number of carboxylic acid groups (broad SMARTS) is 1. The zero-order chi connectivity index (χ0) is 11.0. The Bertz CT molecular complexity index is 449. The van der Waals surface area contributed by atoms with Crippen LogP contribution in [-0.2, 0) is 11.2 Å². The van der Waals surface area contributed by atoms with Gasteiger partial charge in [-0.3, -0.25) is 0 Å². The van der Waals surface area contributed by atoms with Gasteiger partial charge in [-0.1, -0.05) is 13.0 Å². The van der Waals surface area contributed by atoms with E-state index in [0.29, 0.717) is 0 Å². The van der Waals surface area contributed by atoms with Gasteiger partial charge in [0.2, 0.25) is 0 Å². The van der Waals surface area contributed by atoms with Crippen LogP contribution in [-0.4, -0.2) is 11.1 Å². The second-order valence-corrected chi connectivity index (χ2v) is 3.84. The second kappa shape index (κ2) is 3.50. The number of hydrogen-bond donors (Lipinski definition) is 1. The number of benzene rings is 1. The summed E-state index contributed by atoms with van der Waals surface area (Å²) in [5.41, 5.74) is 2.48. The summed E-state index contributed by atoms with van der Waals surface area (Å²) in [5, 5.41) is 8.72. The zero-order valence-electron chi connectivity index (χ0n) is 8.33. The van der Waals surface area contributed by atoms with Crippen molar-refractivity contribution in [3.05, 3.63) is 41.2 Å². The van der Waals surface area contributed by atoms with E-state index in [2.05, 4.69) is 0 Å². The Balaban J connectivity index is 2.53. The molecule has 1 aromatic carbocycles. The average Bonchev–Trinajstić information content (AvgIpc) is 2.43. The summed E-state index contributed by atoms with van der Waals surface area (Å²) in [5.74, 6) is -1.15. The molecule has 0 radical (unpaired) electrons. The van der Waals surface area contributed by atoms with Crippen LogP contribution in [0.1, 0.15) is 18.1 Å². The van der Waals surface area contributed by atoms with Crippen molar-refractivity contribution in [1.82, 2.24) is 0 Å². The highest BCUT2D eigenvalue weighted by atomic mass is 19.1. The first-order valence-electron chi connectivity index (χ1n) is 4.81. The number of allylic oxidation sites excluding steroid dienone is 1. The smallest absolute Gasteiger partial charge is 0.328 e. The molecule has 0 heterocycles. The van der Waals surface area contributed by atoms with Crippen molar-refractivity contribution in [2.45, 2.75) is 13.3 Å². The Morgan fingerprint density at radius 2 is 2.33 bits per heavy atom. The van der Waals surface area contributed by atoms with Crippen LogP contribution < -0.4 is 0 Å². The molecule has 3 heteroatoms. The minimum Gasteiger partial charge on any atom is -0.478 e. The van der Waals surface area contributed by atoms with E-state index in [1.54, 1.807) is 6.07 Å². The molecule has 1 atom stereocenters. The summed E-state index contributed by atoms with van der Waals surface area (Å²) in [6, 6.07) is 4.55. The first-order valence-corrected chi connectivity index (χ1v) is 4.81. The fourth-order valence-corrected chi connectivity index (χ4v) is 2.05. The normalized spacial score (nSPS) is 21.7. The summed E-state index contributed by atoms with van der Waals surface area (Å²) in [6.45, 7) is 1.95. The minimum absolute atomic E-state index is 0.151. The van der Waals surface area contributed by atoms with Gasteiger partial charge in [-0.2, -0.15) is 0 Å². The van der Waals surface area contributed by atoms with E-state index in [4.69, 9.17) is 5.11 Å². The molecule has 0 fully saturated rings. The number of aliphatic carboxylic acids is 1. The summed E-state index contributed by atoms with van der Waals surface area (Å²) < 4.78 is 13.0. The summed E-state index contributed by atoms with van der Waals surface area (Å²) in [6.07, 6.45) is 1.96. The predicted octanol–water partition coefficient (Wildman–Crippen LogP) is 2.49. The van der Waals surface area contributed by atoms with Gasteiger partial charge in [0.15, 0.2) is 0 Å². The summed E-state index contributed by atoms with van der Waals surface area (Å²) >= 11 is 0. The Labute approximate surface area is 87.0 Å². The third-order valence-corrected chi connectivity index (χ3v) is 2.72. The first-order chi connectivity index (χ1) is 7.08. The van der Waals surface area contributed by atoms with Crippen molar-refractivity contribution in [2.24, 2.45) is 5.92 Å². The zero-order valence-corrected chi connectivity index (χ0v) is 8.33. The van der Waals surface area contributed by atoms with Crippen LogP contribution in [0, 0.1) is 11.7 Å². The summed E-state index contributed by atoms with van der Waals surface area (Å²) in [7, 11) is 0. The van der Waals surface area contributed by atoms with E-state index in [0.717, 1.165) is 23.1 Å². The van der Waals surface area contributed by atoms with Gasteiger partial charge in [0.1, 0.15) is 5.82 Å². The average molecular weight is 206 g/mol. The topological polar surface area (TPSA) is 37.3 Å². The standard InChI is InChI=1S/C12H11FO2/c1-7-4-8-2-3-9(13)5-11(8)10(7)6-12(14)15/h2-3,5-7H,4H2,1H3,(H,14,15). The maximum atomic E-state index is 13.0. The van der Waals surface area contributed by atoms with Crippen molar-refractivity contribution in [2.75, 3.05) is 0 Å². The fraction of sp³-hybridized carbons (Fsp3) is 0.250. The van der Waals surface area contributed by atoms with E-state index < -0.39 is 5.97 Å². The van der Waals surface area contributed by atoms with Crippen LogP contribution in [0.3, 0.4) is 0 Å². The Morgan fingerprint density at radius 1 is 1.60 bits per heavy atom. The van der Waals surface area contributed by atoms with Crippen molar-refractivity contribution in [3.63, 3.8) is 0 Å². The fourth-order valence-electron chi connectivity index (χ4n) is 2.05. The van der Waals surface area contributed by atoms with Gasteiger partial charge in [0.25, 0.3) is 0 Å². The lowest BCUT2D eigenvalue weighted by atomic mass is 10.0. The maximum Gasteiger partial charge on any atom is 0.328 e. The van der Waals surface area contributed by atoms with E-state index >= 15 is 0 Å². The molecular formula is C12H11FO2. The van der Waals surface area contributed by atoms with Crippen molar-refractivity contribution < 1.29 is 14.3 Å². The van der Waals surface area contributed by atoms with Crippen molar-refractivity contribution in [3.8, 4) is 0 Å². The number of fused-ring (bicyclic) bond motifs is 1. The quantitative estimate of drug-likeness (QED) is 0.717. The van der Waals surface area contributed by atoms with Gasteiger partial charge >= 0.3 is 5.97 Å². The first kappa shape index (κ1) is 9.90. The molecule has 0 aliphatic heterocycles. The number of carboxylic acids is 1. The molecule has 78 valence electrons. The highest BCUT2D eigenvalue weighted by molar-refractivity contribution is 5.92. The molecule has 1 unspecified atom stereocenters. The Morgan fingerprint density at radius 3 is 3.00 bits per heavy atom. The molecule has 0 bridgehead atoms. The third kappa shape index (κ3) is 1.77. The van der Waals surface area contributed by atoms with Gasteiger partial charge < -0.3 is 5.11 Å². The molecule has 0 spiro atoms. The molecule has 1 N–H and O–H groups in total. The van der Waals surface area contributed by atoms with E-state index in [1.807, 2.05) is 6.92 Å². The molecule has 15 heavy (non-hydrogen) atoms. The molecule has 1 aromatic rings. The molecule has 2 nitrogen and oxygen atoms in total. The second-order valence-electron chi connectivity index (χ2n) is 3.84. The molecule has 2 rings (SSSR count). The largest absolute Gasteiger partial charge is 0.478 e. The van der Waals surface area contributed by atoms with Crippen LogP contribution in [0.15, 0.2) is 24.3 Å². The lowest BCUT2D eigenvalue weighted by Gasteiger charge is -2.03. The summed E-state index contributed by atoms with van der Waals surface area (Å²) in [4.78, 5) is 10.6. The Kier molecular flexibility index (Phi) is 2.31. The molecule has 0 saturated carbocycles. The molecule has 1 aliphatic rings. The van der Waals surface area contributed by atoms with Crippen molar-refractivity contribution >= 4 is 11.5 Å². The molecule has 0 aromatic heterocycles. The molecule has 0 amide bonds. The number of carbonyl (C=O) groups is 1. The monoisotopic (exact) mass is 206 g/mol. The SMILES string of the molecule is CC1Cc2ccc(F)cc2C1=CC(=O)O. The Hall–Kier alpha value is -1.64. The van der Waals surface area contributed by atoms with Gasteiger partial charge in [-0.25, -0.2) is 9.18 Å². The molecule has 1 aliphatic carbocycles. The van der Waals surface area contributed by atoms with Gasteiger partial charge in [0, 0.05) is 6.08 Å². The lowest BCUT2D eigenvalue weighted by molar-refractivity contribution is -0.131. The minimum atomic E-state index is -0.978. The van der Waals surface area contributed by atoms with Crippen LogP contribution >= 0.6 is 0 Å². The number of halogens is 1. The van der Waals surface area contributed by atoms with Crippen LogP contribution in [0.4, 0.5) is 4.39 Å². The number of hydrogen-bond acceptors (Lipinski definition) is 1. The maximum absolute atomic E-state index is 13.0. The molecular weight excluding hydrogens is 195 g/mol. The lowest BCUT2D eigenvalue weighted by Crippen LogP contribution is -1.96. The third-order valence-electron chi connectivity index (χ3n) is 2.72. The number of rotatable bonds is 1. The van der Waals surface area contributed by atoms with Gasteiger partial charge in [-0.05, 0) is 41.2 Å². The van der Waals surface area contributed by atoms with Crippen LogP contribution in [0.25, 0.3) is 5.57 Å². The van der Waals surface area contributed by atoms with Gasteiger partial charge in [-0.15, -0.1) is 0 Å². The molecule has 0 saturated heterocycles. The van der Waals surface area contributed by atoms with E-state index in [9.17, 15) is 9.18 Å². The van der Waals surface area contributed by atoms with E-state index in [1.165, 1.54) is 18.2 Å². The van der Waals surface area contributed by atoms with Crippen molar-refractivity contribution in [1.29, 1.82) is 0 Å².